The summed E-state index contributed by atoms with van der Waals surface area (Å²) < 4.78 is 2.15. The van der Waals surface area contributed by atoms with Crippen LogP contribution >= 0.6 is 12.2 Å². The van der Waals surface area contributed by atoms with Gasteiger partial charge < -0.3 is 19.9 Å². The first-order chi connectivity index (χ1) is 13.2. The lowest BCUT2D eigenvalue weighted by Crippen LogP contribution is -2.31. The van der Waals surface area contributed by atoms with Crippen LogP contribution in [0.25, 0.3) is 5.69 Å². The van der Waals surface area contributed by atoms with E-state index in [0.717, 1.165) is 35.2 Å². The van der Waals surface area contributed by atoms with Crippen molar-refractivity contribution in [2.75, 3.05) is 6.54 Å². The summed E-state index contributed by atoms with van der Waals surface area (Å²) in [6.45, 7) is 3.04. The second-order valence-corrected chi connectivity index (χ2v) is 7.03. The molecule has 0 aliphatic carbocycles. The predicted molar refractivity (Wildman–Crippen MR) is 110 cm³/mol. The van der Waals surface area contributed by atoms with Crippen molar-refractivity contribution in [1.82, 2.24) is 19.8 Å². The van der Waals surface area contributed by atoms with E-state index in [1.54, 1.807) is 12.1 Å². The molecule has 0 radical (unpaired) electrons. The lowest BCUT2D eigenvalue weighted by atomic mass is 10.0. The minimum atomic E-state index is -0.0176. The Kier molecular flexibility index (Phi) is 4.81. The molecule has 2 N–H and O–H groups in total. The molecule has 138 valence electrons. The van der Waals surface area contributed by atoms with Crippen molar-refractivity contribution in [2.45, 2.75) is 25.4 Å². The van der Waals surface area contributed by atoms with Crippen LogP contribution in [-0.4, -0.2) is 31.2 Å². The molecule has 2 aromatic heterocycles. The maximum atomic E-state index is 9.62. The van der Waals surface area contributed by atoms with Gasteiger partial charge in [-0.2, -0.15) is 0 Å². The number of phenolic OH excluding ortho intramolecular Hbond substituents is 1. The Balaban J connectivity index is 1.80. The first-order valence-corrected chi connectivity index (χ1v) is 9.54. The quantitative estimate of drug-likeness (QED) is 0.658. The average Bonchev–Trinajstić information content (AvgIpc) is 3.28. The normalized spacial score (nSPS) is 19.3. The monoisotopic (exact) mass is 378 g/mol. The van der Waals surface area contributed by atoms with Crippen LogP contribution in [0, 0.1) is 0 Å². The van der Waals surface area contributed by atoms with Crippen molar-refractivity contribution in [3.63, 3.8) is 0 Å². The number of hydrogen-bond acceptors (Lipinski definition) is 3. The van der Waals surface area contributed by atoms with Crippen molar-refractivity contribution in [1.29, 1.82) is 0 Å². The summed E-state index contributed by atoms with van der Waals surface area (Å²) in [5, 5.41) is 13.9. The van der Waals surface area contributed by atoms with Crippen molar-refractivity contribution >= 4 is 17.3 Å². The van der Waals surface area contributed by atoms with E-state index < -0.39 is 0 Å². The molecule has 1 aliphatic rings. The van der Waals surface area contributed by atoms with Gasteiger partial charge in [-0.3, -0.25) is 4.98 Å². The Morgan fingerprint density at radius 1 is 1.11 bits per heavy atom. The molecule has 2 unspecified atom stereocenters. The van der Waals surface area contributed by atoms with Crippen LogP contribution in [0.1, 0.15) is 36.8 Å². The van der Waals surface area contributed by atoms with Crippen molar-refractivity contribution in [3.8, 4) is 11.4 Å². The van der Waals surface area contributed by atoms with Gasteiger partial charge in [0, 0.05) is 30.3 Å². The van der Waals surface area contributed by atoms with Gasteiger partial charge in [-0.15, -0.1) is 0 Å². The number of phenols is 1. The first-order valence-electron chi connectivity index (χ1n) is 9.13. The summed E-state index contributed by atoms with van der Waals surface area (Å²) in [7, 11) is 0. The first kappa shape index (κ1) is 17.5. The lowest BCUT2D eigenvalue weighted by molar-refractivity contribution is 0.309. The highest BCUT2D eigenvalue weighted by Gasteiger charge is 2.40. The fraction of sp³-hybridized carbons (Fsp3) is 0.238. The van der Waals surface area contributed by atoms with Gasteiger partial charge in [0.25, 0.3) is 0 Å². The number of thiocarbonyl (C=S) groups is 1. The van der Waals surface area contributed by atoms with E-state index in [1.165, 1.54) is 0 Å². The van der Waals surface area contributed by atoms with Gasteiger partial charge in [0.15, 0.2) is 5.11 Å². The third kappa shape index (κ3) is 3.28. The van der Waals surface area contributed by atoms with Crippen molar-refractivity contribution in [2.24, 2.45) is 0 Å². The minimum Gasteiger partial charge on any atom is -0.508 e. The van der Waals surface area contributed by atoms with Crippen LogP contribution in [0.3, 0.4) is 0 Å². The van der Waals surface area contributed by atoms with E-state index >= 15 is 0 Å². The molecule has 1 aromatic carbocycles. The highest BCUT2D eigenvalue weighted by Crippen LogP contribution is 2.39. The fourth-order valence-corrected chi connectivity index (χ4v) is 4.02. The van der Waals surface area contributed by atoms with Gasteiger partial charge in [0.1, 0.15) is 5.75 Å². The average molecular weight is 379 g/mol. The summed E-state index contributed by atoms with van der Waals surface area (Å²) in [4.78, 5) is 6.82. The van der Waals surface area contributed by atoms with E-state index in [-0.39, 0.29) is 17.8 Å². The zero-order valence-corrected chi connectivity index (χ0v) is 15.9. The van der Waals surface area contributed by atoms with Gasteiger partial charge in [-0.1, -0.05) is 13.0 Å². The predicted octanol–water partition coefficient (Wildman–Crippen LogP) is 3.96. The van der Waals surface area contributed by atoms with Gasteiger partial charge in [-0.25, -0.2) is 0 Å². The largest absolute Gasteiger partial charge is 0.508 e. The second-order valence-electron chi connectivity index (χ2n) is 6.64. The van der Waals surface area contributed by atoms with E-state index in [9.17, 15) is 5.11 Å². The highest BCUT2D eigenvalue weighted by molar-refractivity contribution is 7.80. The highest BCUT2D eigenvalue weighted by atomic mass is 32.1. The molecular weight excluding hydrogens is 356 g/mol. The molecule has 2 atom stereocenters. The summed E-state index contributed by atoms with van der Waals surface area (Å²) in [6.07, 6.45) is 4.87. The van der Waals surface area contributed by atoms with E-state index in [0.29, 0.717) is 0 Å². The number of hydrogen-bond donors (Lipinski definition) is 2. The minimum absolute atomic E-state index is 0.0176. The number of nitrogens with zero attached hydrogens (tertiary/aromatic N) is 3. The number of aromatic nitrogens is 2. The number of rotatable bonds is 5. The van der Waals surface area contributed by atoms with Gasteiger partial charge in [0.2, 0.25) is 0 Å². The molecule has 3 aromatic rings. The smallest absolute Gasteiger partial charge is 0.170 e. The Hall–Kier alpha value is -2.86. The van der Waals surface area contributed by atoms with Crippen LogP contribution in [0.5, 0.6) is 5.75 Å². The molecule has 0 saturated carbocycles. The molecule has 0 bridgehead atoms. The lowest BCUT2D eigenvalue weighted by Gasteiger charge is -2.28. The van der Waals surface area contributed by atoms with E-state index in [1.807, 2.05) is 48.8 Å². The Labute approximate surface area is 164 Å². The molecule has 0 spiro atoms. The molecular formula is C21H22N4OS. The second kappa shape index (κ2) is 7.40. The number of pyridine rings is 1. The topological polar surface area (TPSA) is 53.3 Å². The maximum Gasteiger partial charge on any atom is 0.170 e. The van der Waals surface area contributed by atoms with Crippen LogP contribution in [0.4, 0.5) is 0 Å². The SMILES string of the molecule is CCCN1C(=S)NC(c2ccccn2)C1c1cccn1-c1ccc(O)cc1. The van der Waals surface area contributed by atoms with Crippen LogP contribution in [0.2, 0.25) is 0 Å². The number of aromatic hydroxyl groups is 1. The van der Waals surface area contributed by atoms with Gasteiger partial charge in [0.05, 0.1) is 17.8 Å². The third-order valence-electron chi connectivity index (χ3n) is 4.87. The molecule has 1 aliphatic heterocycles. The van der Waals surface area contributed by atoms with Gasteiger partial charge >= 0.3 is 0 Å². The Morgan fingerprint density at radius 3 is 2.63 bits per heavy atom. The third-order valence-corrected chi connectivity index (χ3v) is 5.23. The molecule has 6 heteroatoms. The van der Waals surface area contributed by atoms with Crippen LogP contribution < -0.4 is 5.32 Å². The standard InChI is InChI=1S/C21H22N4OS/c1-2-13-25-20(19(23-21(25)27)17-6-3-4-12-22-17)18-7-5-14-24(18)15-8-10-16(26)11-9-15/h3-12,14,19-20,26H,2,13H2,1H3,(H,23,27). The fourth-order valence-electron chi connectivity index (χ4n) is 3.69. The van der Waals surface area contributed by atoms with Crippen LogP contribution in [-0.2, 0) is 0 Å². The zero-order chi connectivity index (χ0) is 18.8. The molecule has 1 fully saturated rings. The number of nitrogens with one attached hydrogen (secondary N) is 1. The zero-order valence-electron chi connectivity index (χ0n) is 15.1. The molecule has 0 amide bonds. The molecule has 3 heterocycles. The van der Waals surface area contributed by atoms with Crippen molar-refractivity contribution < 1.29 is 5.11 Å². The Morgan fingerprint density at radius 2 is 1.93 bits per heavy atom. The molecule has 5 nitrogen and oxygen atoms in total. The van der Waals surface area contributed by atoms with Crippen LogP contribution in [0.15, 0.2) is 67.0 Å². The van der Waals surface area contributed by atoms with Crippen molar-refractivity contribution in [3.05, 3.63) is 78.4 Å². The number of benzene rings is 1. The summed E-state index contributed by atoms with van der Waals surface area (Å²) in [5.41, 5.74) is 3.11. The summed E-state index contributed by atoms with van der Waals surface area (Å²) in [6, 6.07) is 17.4. The summed E-state index contributed by atoms with van der Waals surface area (Å²) in [5.74, 6) is 0.259. The molecule has 27 heavy (non-hydrogen) atoms. The molecule has 1 saturated heterocycles. The summed E-state index contributed by atoms with van der Waals surface area (Å²) >= 11 is 5.66. The van der Waals surface area contributed by atoms with E-state index in [2.05, 4.69) is 32.8 Å². The maximum absolute atomic E-state index is 9.62. The van der Waals surface area contributed by atoms with E-state index in [4.69, 9.17) is 12.2 Å². The van der Waals surface area contributed by atoms with Gasteiger partial charge in [-0.05, 0) is 67.2 Å². The molecule has 4 rings (SSSR count). The Bertz CT molecular complexity index is 923.